The van der Waals surface area contributed by atoms with Crippen molar-refractivity contribution in [2.24, 2.45) is 5.41 Å². The van der Waals surface area contributed by atoms with Crippen LogP contribution in [0.4, 0.5) is 8.78 Å². The summed E-state index contributed by atoms with van der Waals surface area (Å²) in [6.07, 6.45) is -0.784. The second-order valence-corrected chi connectivity index (χ2v) is 10.9. The Bertz CT molecular complexity index is 1170. The van der Waals surface area contributed by atoms with Gasteiger partial charge < -0.3 is 20.0 Å². The highest BCUT2D eigenvalue weighted by molar-refractivity contribution is 7.90. The summed E-state index contributed by atoms with van der Waals surface area (Å²) in [6, 6.07) is 8.60. The van der Waals surface area contributed by atoms with Gasteiger partial charge in [-0.2, -0.15) is 8.78 Å². The van der Waals surface area contributed by atoms with Gasteiger partial charge in [0.25, 0.3) is 0 Å². The fourth-order valence-corrected chi connectivity index (χ4v) is 4.27. The van der Waals surface area contributed by atoms with Gasteiger partial charge in [-0.05, 0) is 29.7 Å². The molecule has 0 aromatic heterocycles. The van der Waals surface area contributed by atoms with Crippen LogP contribution in [0.2, 0.25) is 0 Å². The normalized spacial score (nSPS) is 13.0. The summed E-state index contributed by atoms with van der Waals surface area (Å²) in [7, 11) is -9.57. The highest BCUT2D eigenvalue weighted by Crippen LogP contribution is 2.60. The molecule has 2 rings (SSSR count). The fourth-order valence-electron chi connectivity index (χ4n) is 3.11. The van der Waals surface area contributed by atoms with Gasteiger partial charge in [-0.3, -0.25) is 14.2 Å². The van der Waals surface area contributed by atoms with E-state index in [9.17, 15) is 41.6 Å². The highest BCUT2D eigenvalue weighted by Gasteiger charge is 2.53. The van der Waals surface area contributed by atoms with Crippen LogP contribution in [0, 0.1) is 5.41 Å². The van der Waals surface area contributed by atoms with Crippen molar-refractivity contribution in [3.05, 3.63) is 65.2 Å². The average Bonchev–Trinajstić information content (AvgIpc) is 2.66. The Balaban J connectivity index is 2.59. The summed E-state index contributed by atoms with van der Waals surface area (Å²) in [5.41, 5.74) is -9.02. The van der Waals surface area contributed by atoms with E-state index in [1.165, 1.54) is 18.2 Å². The number of aliphatic carboxylic acids is 2. The molecule has 13 heteroatoms. The summed E-state index contributed by atoms with van der Waals surface area (Å²) >= 11 is 0. The van der Waals surface area contributed by atoms with Crippen molar-refractivity contribution >= 4 is 29.4 Å². The molecule has 0 atom stereocenters. The number of hydrogen-bond acceptors (Lipinski definition) is 5. The molecule has 0 aliphatic rings. The molecule has 0 saturated carbocycles. The SMILES string of the molecule is CS(=O)(=O)c1ccc(CC(Cc2ccccc2C(F)(F)P(=O)(O)O)(C(=O)O)C(=O)O)cc1. The number of halogens is 2. The van der Waals surface area contributed by atoms with Gasteiger partial charge in [0, 0.05) is 18.2 Å². The molecule has 174 valence electrons. The smallest absolute Gasteiger partial charge is 0.399 e. The molecule has 2 aromatic carbocycles. The molecular weight excluding hydrogens is 473 g/mol. The van der Waals surface area contributed by atoms with Gasteiger partial charge in [0.15, 0.2) is 15.3 Å². The molecule has 0 spiro atoms. The highest BCUT2D eigenvalue weighted by atomic mass is 32.2. The summed E-state index contributed by atoms with van der Waals surface area (Å²) < 4.78 is 63.2. The summed E-state index contributed by atoms with van der Waals surface area (Å²) in [5, 5.41) is 19.5. The predicted molar refractivity (Wildman–Crippen MR) is 107 cm³/mol. The lowest BCUT2D eigenvalue weighted by molar-refractivity contribution is -0.164. The van der Waals surface area contributed by atoms with E-state index in [2.05, 4.69) is 0 Å². The van der Waals surface area contributed by atoms with E-state index in [0.29, 0.717) is 6.07 Å². The predicted octanol–water partition coefficient (Wildman–Crippen LogP) is 2.26. The number of carboxylic acids is 2. The van der Waals surface area contributed by atoms with E-state index >= 15 is 0 Å². The molecule has 0 radical (unpaired) electrons. The second-order valence-electron chi connectivity index (χ2n) is 7.20. The van der Waals surface area contributed by atoms with Crippen LogP contribution in [-0.2, 0) is 42.5 Å². The molecule has 0 aliphatic carbocycles. The minimum atomic E-state index is -6.00. The number of carboxylic acid groups (broad SMARTS) is 2. The van der Waals surface area contributed by atoms with Crippen LogP contribution in [-0.4, -0.2) is 46.6 Å². The first-order valence-electron chi connectivity index (χ1n) is 8.80. The number of carbonyl (C=O) groups is 2. The Morgan fingerprint density at radius 2 is 1.44 bits per heavy atom. The number of benzene rings is 2. The zero-order valence-electron chi connectivity index (χ0n) is 16.5. The second kappa shape index (κ2) is 8.70. The maximum absolute atomic E-state index is 14.4. The van der Waals surface area contributed by atoms with Crippen molar-refractivity contribution in [2.75, 3.05) is 6.26 Å². The Kier molecular flexibility index (Phi) is 6.96. The van der Waals surface area contributed by atoms with Gasteiger partial charge in [-0.1, -0.05) is 36.4 Å². The van der Waals surface area contributed by atoms with E-state index in [-0.39, 0.29) is 10.5 Å². The number of rotatable bonds is 9. The van der Waals surface area contributed by atoms with E-state index in [1.54, 1.807) is 0 Å². The molecule has 9 nitrogen and oxygen atoms in total. The number of sulfone groups is 1. The monoisotopic (exact) mass is 492 g/mol. The summed E-state index contributed by atoms with van der Waals surface area (Å²) in [6.45, 7) is 0. The van der Waals surface area contributed by atoms with Crippen LogP contribution in [0.3, 0.4) is 0 Å². The maximum atomic E-state index is 14.4. The zero-order chi connectivity index (χ0) is 24.5. The molecule has 2 aromatic rings. The van der Waals surface area contributed by atoms with Crippen molar-refractivity contribution in [2.45, 2.75) is 23.4 Å². The number of hydrogen-bond donors (Lipinski definition) is 4. The minimum absolute atomic E-state index is 0.0934. The van der Waals surface area contributed by atoms with Crippen molar-refractivity contribution < 1.29 is 51.4 Å². The van der Waals surface area contributed by atoms with Crippen molar-refractivity contribution in [1.29, 1.82) is 0 Å². The van der Waals surface area contributed by atoms with Crippen molar-refractivity contribution in [3.63, 3.8) is 0 Å². The Morgan fingerprint density at radius 3 is 1.88 bits per heavy atom. The van der Waals surface area contributed by atoms with Crippen molar-refractivity contribution in [3.8, 4) is 0 Å². The summed E-state index contributed by atoms with van der Waals surface area (Å²) in [4.78, 5) is 42.1. The molecule has 0 aliphatic heterocycles. The Labute approximate surface area is 181 Å². The zero-order valence-corrected chi connectivity index (χ0v) is 18.2. The third-order valence-corrected chi connectivity index (χ3v) is 6.98. The molecule has 0 saturated heterocycles. The lowest BCUT2D eigenvalue weighted by atomic mass is 9.75. The molecule has 0 amide bonds. The van der Waals surface area contributed by atoms with E-state index in [1.807, 2.05) is 0 Å². The van der Waals surface area contributed by atoms with E-state index in [0.717, 1.165) is 30.5 Å². The minimum Gasteiger partial charge on any atom is -0.480 e. The Hall–Kier alpha value is -2.66. The summed E-state index contributed by atoms with van der Waals surface area (Å²) in [5.74, 6) is -3.74. The fraction of sp³-hybridized carbons (Fsp3) is 0.263. The van der Waals surface area contributed by atoms with Gasteiger partial charge in [-0.15, -0.1) is 0 Å². The molecule has 32 heavy (non-hydrogen) atoms. The van der Waals surface area contributed by atoms with Crippen LogP contribution in [0.5, 0.6) is 0 Å². The topological polar surface area (TPSA) is 166 Å². The first-order chi connectivity index (χ1) is 14.5. The van der Waals surface area contributed by atoms with Crippen LogP contribution in [0.25, 0.3) is 0 Å². The molecule has 0 heterocycles. The van der Waals surface area contributed by atoms with Gasteiger partial charge in [-0.25, -0.2) is 8.42 Å². The van der Waals surface area contributed by atoms with Gasteiger partial charge >= 0.3 is 25.2 Å². The Morgan fingerprint density at radius 1 is 0.938 bits per heavy atom. The van der Waals surface area contributed by atoms with Gasteiger partial charge in [0.1, 0.15) is 0 Å². The first-order valence-corrected chi connectivity index (χ1v) is 12.3. The lowest BCUT2D eigenvalue weighted by Crippen LogP contribution is -2.43. The molecule has 0 unspecified atom stereocenters. The third-order valence-electron chi connectivity index (χ3n) is 4.88. The van der Waals surface area contributed by atoms with Crippen molar-refractivity contribution in [1.82, 2.24) is 0 Å². The molecule has 4 N–H and O–H groups in total. The average molecular weight is 492 g/mol. The van der Waals surface area contributed by atoms with Crippen LogP contribution < -0.4 is 0 Å². The molecular formula is C19H19F2O9PS. The first kappa shape index (κ1) is 25.6. The van der Waals surface area contributed by atoms with Crippen LogP contribution >= 0.6 is 7.60 Å². The lowest BCUT2D eigenvalue weighted by Gasteiger charge is -2.28. The largest absolute Gasteiger partial charge is 0.480 e. The standard InChI is InChI=1S/C19H19F2O9PS/c1-32(29,30)14-8-6-12(7-9-14)10-18(16(22)23,17(24)25)11-13-4-2-3-5-15(13)19(20,21)31(26,27)28/h2-9H,10-11H2,1H3,(H,22,23)(H,24,25)(H2,26,27,28). The van der Waals surface area contributed by atoms with Crippen LogP contribution in [0.1, 0.15) is 16.7 Å². The van der Waals surface area contributed by atoms with Gasteiger partial charge in [0.05, 0.1) is 4.90 Å². The van der Waals surface area contributed by atoms with E-state index < -0.39 is 64.4 Å². The quantitative estimate of drug-likeness (QED) is 0.303. The third kappa shape index (κ3) is 5.04. The van der Waals surface area contributed by atoms with Gasteiger partial charge in [0.2, 0.25) is 0 Å². The number of alkyl halides is 2. The van der Waals surface area contributed by atoms with E-state index in [4.69, 9.17) is 9.79 Å². The van der Waals surface area contributed by atoms with Crippen LogP contribution in [0.15, 0.2) is 53.4 Å². The maximum Gasteiger partial charge on any atom is 0.399 e. The molecule has 0 bridgehead atoms. The molecule has 0 fully saturated rings.